The van der Waals surface area contributed by atoms with Gasteiger partial charge in [-0.3, -0.25) is 9.59 Å². The van der Waals surface area contributed by atoms with Crippen LogP contribution in [-0.4, -0.2) is 85.0 Å². The highest BCUT2D eigenvalue weighted by Crippen LogP contribution is 2.54. The van der Waals surface area contributed by atoms with Gasteiger partial charge in [0.1, 0.15) is 18.4 Å². The first-order valence-corrected chi connectivity index (χ1v) is 14.5. The van der Waals surface area contributed by atoms with E-state index in [4.69, 9.17) is 24.1 Å². The molecule has 3 aromatic heterocycles. The summed E-state index contributed by atoms with van der Waals surface area (Å²) in [5, 5.41) is 15.2. The number of nitrogens with one attached hydrogen (secondary N) is 1. The average Bonchev–Trinajstić information content (AvgIpc) is 3.92. The lowest BCUT2D eigenvalue weighted by atomic mass is 9.87. The van der Waals surface area contributed by atoms with Crippen molar-refractivity contribution in [2.45, 2.75) is 69.6 Å². The molecule has 1 N–H and O–H groups in total. The van der Waals surface area contributed by atoms with Crippen LogP contribution < -0.4 is 5.32 Å². The van der Waals surface area contributed by atoms with Gasteiger partial charge in [-0.25, -0.2) is 27.9 Å². The van der Waals surface area contributed by atoms with E-state index >= 15 is 0 Å². The number of carbonyl (C=O) groups excluding carboxylic acids is 2. The van der Waals surface area contributed by atoms with Crippen molar-refractivity contribution in [1.82, 2.24) is 40.1 Å². The monoisotopic (exact) mass is 586 g/mol. The van der Waals surface area contributed by atoms with Crippen molar-refractivity contribution in [1.29, 1.82) is 0 Å². The van der Waals surface area contributed by atoms with Crippen molar-refractivity contribution in [3.05, 3.63) is 35.2 Å². The predicted molar refractivity (Wildman–Crippen MR) is 138 cm³/mol. The number of aromatic nitrogens is 6. The molecule has 2 amide bonds. The van der Waals surface area contributed by atoms with Crippen molar-refractivity contribution < 1.29 is 32.5 Å². The molecule has 3 atom stereocenters. The van der Waals surface area contributed by atoms with Crippen LogP contribution in [0, 0.1) is 24.7 Å². The molecule has 0 radical (unpaired) electrons. The largest absolute Gasteiger partial charge is 0.377 e. The van der Waals surface area contributed by atoms with E-state index in [0.29, 0.717) is 41.3 Å². The Hall–Kier alpha value is -3.59. The van der Waals surface area contributed by atoms with Crippen LogP contribution in [0.5, 0.6) is 0 Å². The minimum atomic E-state index is -2.92. The van der Waals surface area contributed by atoms with E-state index in [1.54, 1.807) is 28.7 Å². The number of imidazole rings is 1. The lowest BCUT2D eigenvalue weighted by molar-refractivity contribution is -0.176. The lowest BCUT2D eigenvalue weighted by Crippen LogP contribution is -2.50. The summed E-state index contributed by atoms with van der Waals surface area (Å²) in [4.78, 5) is 37.6. The number of ether oxygens (including phenoxy) is 2. The second-order valence-corrected chi connectivity index (χ2v) is 11.8. The van der Waals surface area contributed by atoms with Crippen molar-refractivity contribution in [3.8, 4) is 0 Å². The van der Waals surface area contributed by atoms with Gasteiger partial charge < -0.3 is 19.7 Å². The third-order valence-electron chi connectivity index (χ3n) is 8.72. The van der Waals surface area contributed by atoms with Crippen LogP contribution in [0.1, 0.15) is 78.2 Å². The first-order chi connectivity index (χ1) is 20.3. The van der Waals surface area contributed by atoms with E-state index in [0.717, 1.165) is 25.7 Å². The zero-order valence-electron chi connectivity index (χ0n) is 23.1. The predicted octanol–water partition coefficient (Wildman–Crippen LogP) is 2.44. The number of alkyl halides is 2. The maximum atomic E-state index is 13.6. The van der Waals surface area contributed by atoms with Crippen LogP contribution in [0.15, 0.2) is 17.0 Å². The third kappa shape index (κ3) is 5.35. The van der Waals surface area contributed by atoms with Gasteiger partial charge in [-0.15, -0.1) is 0 Å². The fraction of sp³-hybridized carbons (Fsp3) is 0.667. The number of morpholine rings is 1. The number of nitrogens with zero attached hydrogens (tertiary/aromatic N) is 7. The number of amides is 2. The molecular formula is C27H32F2N8O5. The number of fused-ring (bicyclic) bond motifs is 1. The maximum Gasteiger partial charge on any atom is 0.276 e. The first kappa shape index (κ1) is 27.3. The molecule has 0 spiro atoms. The van der Waals surface area contributed by atoms with E-state index < -0.39 is 31.1 Å². The van der Waals surface area contributed by atoms with Gasteiger partial charge >= 0.3 is 0 Å². The second kappa shape index (κ2) is 10.6. The highest BCUT2D eigenvalue weighted by atomic mass is 19.3. The van der Waals surface area contributed by atoms with Gasteiger partial charge in [-0.05, 0) is 61.9 Å². The molecule has 4 fully saturated rings. The van der Waals surface area contributed by atoms with Crippen molar-refractivity contribution in [2.75, 3.05) is 26.4 Å². The standard InChI is InChI=1S/C27H32F2N8O5/c1-14-22(35-42-34-14)24(38)33-23(21(15-2-3-15)16-4-5-16)18-11-37-26(32-18)31-17(10-30-37)19-12-40-9-8-36(19)25(39)20-6-7-27(28,29)13-41-20/h10-11,15-16,19-21,23H,2-9,12-13H2,1H3,(H,33,38)/t19-,20+,23-/m1/s1. The second-order valence-electron chi connectivity index (χ2n) is 11.8. The van der Waals surface area contributed by atoms with Crippen LogP contribution in [0.2, 0.25) is 0 Å². The van der Waals surface area contributed by atoms with Crippen molar-refractivity contribution in [2.24, 2.45) is 17.8 Å². The molecule has 224 valence electrons. The summed E-state index contributed by atoms with van der Waals surface area (Å²) < 4.78 is 44.4. The highest BCUT2D eigenvalue weighted by Gasteiger charge is 2.47. The van der Waals surface area contributed by atoms with Crippen LogP contribution in [0.3, 0.4) is 0 Å². The maximum absolute atomic E-state index is 13.6. The molecule has 5 heterocycles. The number of carbonyl (C=O) groups is 2. The van der Waals surface area contributed by atoms with E-state index in [2.05, 4.69) is 20.7 Å². The first-order valence-electron chi connectivity index (χ1n) is 14.5. The molecule has 0 bridgehead atoms. The van der Waals surface area contributed by atoms with Gasteiger partial charge in [0.25, 0.3) is 23.5 Å². The molecule has 2 saturated heterocycles. The SMILES string of the molecule is Cc1nonc1C(=O)N[C@H](c1cn2ncc([C@H]3COCCN3C(=O)[C@@H]3CCC(F)(F)CO3)nc2n1)C(C1CC1)C1CC1. The van der Waals surface area contributed by atoms with E-state index in [9.17, 15) is 18.4 Å². The summed E-state index contributed by atoms with van der Waals surface area (Å²) in [6.45, 7) is 1.68. The molecule has 4 aliphatic rings. The highest BCUT2D eigenvalue weighted by molar-refractivity contribution is 5.93. The Labute approximate surface area is 239 Å². The number of hydrogen-bond acceptors (Lipinski definition) is 10. The molecule has 7 rings (SSSR count). The minimum Gasteiger partial charge on any atom is -0.377 e. The topological polar surface area (TPSA) is 150 Å². The fourth-order valence-corrected chi connectivity index (χ4v) is 6.23. The minimum absolute atomic E-state index is 0.0512. The van der Waals surface area contributed by atoms with Gasteiger partial charge in [-0.1, -0.05) is 5.16 Å². The Bertz CT molecular complexity index is 1470. The van der Waals surface area contributed by atoms with Crippen LogP contribution >= 0.6 is 0 Å². The number of halogens is 2. The number of aryl methyl sites for hydroxylation is 1. The van der Waals surface area contributed by atoms with Gasteiger partial charge in [0.15, 0.2) is 5.69 Å². The Morgan fingerprint density at radius 1 is 1.12 bits per heavy atom. The van der Waals surface area contributed by atoms with E-state index in [1.807, 2.05) is 0 Å². The molecule has 2 aliphatic carbocycles. The molecule has 13 nitrogen and oxygen atoms in total. The molecule has 2 aliphatic heterocycles. The Kier molecular flexibility index (Phi) is 6.88. The smallest absolute Gasteiger partial charge is 0.276 e. The van der Waals surface area contributed by atoms with E-state index in [1.165, 1.54) is 0 Å². The summed E-state index contributed by atoms with van der Waals surface area (Å²) in [5.74, 6) is -2.11. The summed E-state index contributed by atoms with van der Waals surface area (Å²) >= 11 is 0. The zero-order valence-corrected chi connectivity index (χ0v) is 23.1. The van der Waals surface area contributed by atoms with Crippen LogP contribution in [0.4, 0.5) is 8.78 Å². The summed E-state index contributed by atoms with van der Waals surface area (Å²) in [6, 6.07) is -0.947. The molecule has 2 saturated carbocycles. The molecule has 15 heteroatoms. The van der Waals surface area contributed by atoms with E-state index in [-0.39, 0.29) is 49.0 Å². The average molecular weight is 587 g/mol. The summed E-state index contributed by atoms with van der Waals surface area (Å²) in [6.07, 6.45) is 6.40. The van der Waals surface area contributed by atoms with Gasteiger partial charge in [0.05, 0.1) is 49.1 Å². The normalized spacial score (nSPS) is 25.1. The summed E-state index contributed by atoms with van der Waals surface area (Å²) in [5.41, 5.74) is 1.66. The molecular weight excluding hydrogens is 554 g/mol. The Morgan fingerprint density at radius 3 is 2.57 bits per heavy atom. The molecule has 3 aromatic rings. The number of rotatable bonds is 8. The lowest BCUT2D eigenvalue weighted by Gasteiger charge is -2.38. The Morgan fingerprint density at radius 2 is 1.90 bits per heavy atom. The van der Waals surface area contributed by atoms with Crippen molar-refractivity contribution >= 4 is 17.6 Å². The zero-order chi connectivity index (χ0) is 29.0. The van der Waals surface area contributed by atoms with Gasteiger partial charge in [-0.2, -0.15) is 5.10 Å². The fourth-order valence-electron chi connectivity index (χ4n) is 6.23. The summed E-state index contributed by atoms with van der Waals surface area (Å²) in [7, 11) is 0. The van der Waals surface area contributed by atoms with Crippen molar-refractivity contribution in [3.63, 3.8) is 0 Å². The van der Waals surface area contributed by atoms with Gasteiger partial charge in [0, 0.05) is 13.0 Å². The van der Waals surface area contributed by atoms with Gasteiger partial charge in [0.2, 0.25) is 0 Å². The quantitative estimate of drug-likeness (QED) is 0.417. The molecule has 0 unspecified atom stereocenters. The Balaban J connectivity index is 1.16. The van der Waals surface area contributed by atoms with Crippen LogP contribution in [-0.2, 0) is 14.3 Å². The third-order valence-corrected chi connectivity index (χ3v) is 8.72. The molecule has 42 heavy (non-hydrogen) atoms. The number of hydrogen-bond donors (Lipinski definition) is 1. The molecule has 0 aromatic carbocycles. The van der Waals surface area contributed by atoms with Crippen LogP contribution in [0.25, 0.3) is 5.78 Å².